The molecular formula is C13H18. The van der Waals surface area contributed by atoms with Gasteiger partial charge in [-0.25, -0.2) is 0 Å². The maximum atomic E-state index is 5.56. The third kappa shape index (κ3) is 0.936. The summed E-state index contributed by atoms with van der Waals surface area (Å²) in [6.45, 7) is 14.8. The molecule has 0 saturated heterocycles. The Kier molecular flexibility index (Phi) is 1.96. The summed E-state index contributed by atoms with van der Waals surface area (Å²) < 4.78 is 0. The fraction of sp³-hybridized carbons (Fsp3) is 0.538. The molecular weight excluding hydrogens is 156 g/mol. The van der Waals surface area contributed by atoms with Gasteiger partial charge in [-0.05, 0) is 38.8 Å². The maximum Gasteiger partial charge on any atom is 0.0386 e. The van der Waals surface area contributed by atoms with E-state index in [1.54, 1.807) is 0 Å². The number of rotatable bonds is 1. The van der Waals surface area contributed by atoms with Gasteiger partial charge in [0.15, 0.2) is 0 Å². The van der Waals surface area contributed by atoms with Crippen molar-refractivity contribution >= 4 is 0 Å². The Bertz CT molecular complexity index is 334. The molecule has 0 N–H and O–H groups in total. The van der Waals surface area contributed by atoms with E-state index in [1.807, 2.05) is 0 Å². The van der Waals surface area contributed by atoms with Crippen molar-refractivity contribution in [3.8, 4) is 12.3 Å². The second-order valence-electron chi connectivity index (χ2n) is 4.62. The van der Waals surface area contributed by atoms with Crippen molar-refractivity contribution in [2.45, 2.75) is 34.6 Å². The average Bonchev–Trinajstić information content (AvgIpc) is 2.13. The first-order chi connectivity index (χ1) is 5.79. The van der Waals surface area contributed by atoms with Crippen molar-refractivity contribution in [3.05, 3.63) is 23.3 Å². The molecule has 13 heavy (non-hydrogen) atoms. The molecule has 0 amide bonds. The lowest BCUT2D eigenvalue weighted by Gasteiger charge is -2.51. The summed E-state index contributed by atoms with van der Waals surface area (Å²) in [5, 5.41) is 0. The van der Waals surface area contributed by atoms with Crippen molar-refractivity contribution < 1.29 is 0 Å². The summed E-state index contributed by atoms with van der Waals surface area (Å²) in [5.74, 6) is 2.87. The van der Waals surface area contributed by atoms with Crippen LogP contribution in [0, 0.1) is 23.2 Å². The molecule has 1 atom stereocenters. The van der Waals surface area contributed by atoms with Gasteiger partial charge in [0.1, 0.15) is 0 Å². The molecule has 0 spiro atoms. The van der Waals surface area contributed by atoms with E-state index in [0.29, 0.717) is 0 Å². The Hall–Kier alpha value is -0.960. The van der Waals surface area contributed by atoms with Crippen LogP contribution in [-0.2, 0) is 0 Å². The fourth-order valence-corrected chi connectivity index (χ4v) is 2.13. The number of terminal acetylenes is 1. The van der Waals surface area contributed by atoms with E-state index in [4.69, 9.17) is 6.42 Å². The van der Waals surface area contributed by atoms with E-state index in [2.05, 4.69) is 47.1 Å². The van der Waals surface area contributed by atoms with Gasteiger partial charge in [-0.2, -0.15) is 0 Å². The summed E-state index contributed by atoms with van der Waals surface area (Å²) in [4.78, 5) is 0. The highest BCUT2D eigenvalue weighted by molar-refractivity contribution is 5.56. The molecule has 0 heterocycles. The first-order valence-corrected chi connectivity index (χ1v) is 4.64. The van der Waals surface area contributed by atoms with Crippen LogP contribution in [0.25, 0.3) is 0 Å². The van der Waals surface area contributed by atoms with Gasteiger partial charge in [-0.3, -0.25) is 0 Å². The third-order valence-electron chi connectivity index (χ3n) is 3.98. The molecule has 0 aliphatic heterocycles. The molecule has 0 nitrogen and oxygen atoms in total. The van der Waals surface area contributed by atoms with Gasteiger partial charge >= 0.3 is 0 Å². The molecule has 1 aliphatic rings. The van der Waals surface area contributed by atoms with Crippen molar-refractivity contribution in [3.63, 3.8) is 0 Å². The average molecular weight is 174 g/mol. The fourth-order valence-electron chi connectivity index (χ4n) is 2.13. The van der Waals surface area contributed by atoms with Crippen molar-refractivity contribution in [1.29, 1.82) is 0 Å². The van der Waals surface area contributed by atoms with Crippen LogP contribution in [0.5, 0.6) is 0 Å². The molecule has 1 unspecified atom stereocenters. The monoisotopic (exact) mass is 174 g/mol. The highest BCUT2D eigenvalue weighted by atomic mass is 14.5. The van der Waals surface area contributed by atoms with E-state index in [0.717, 1.165) is 0 Å². The summed E-state index contributed by atoms with van der Waals surface area (Å²) >= 11 is 0. The van der Waals surface area contributed by atoms with E-state index < -0.39 is 0 Å². The van der Waals surface area contributed by atoms with Crippen LogP contribution in [0.4, 0.5) is 0 Å². The largest absolute Gasteiger partial charge is 0.119 e. The van der Waals surface area contributed by atoms with Crippen LogP contribution < -0.4 is 0 Å². The Morgan fingerprint density at radius 1 is 1.38 bits per heavy atom. The SMILES string of the molecule is C#CC(C)(C)C1(C)C(=C)C(C)=C1C. The minimum atomic E-state index is -0.131. The lowest BCUT2D eigenvalue weighted by molar-refractivity contribution is 0.230. The molecule has 0 saturated carbocycles. The third-order valence-corrected chi connectivity index (χ3v) is 3.98. The zero-order valence-electron chi connectivity index (χ0n) is 9.28. The van der Waals surface area contributed by atoms with E-state index in [-0.39, 0.29) is 10.8 Å². The minimum absolute atomic E-state index is 0.00579. The summed E-state index contributed by atoms with van der Waals surface area (Å²) in [7, 11) is 0. The maximum absolute atomic E-state index is 5.56. The molecule has 1 aliphatic carbocycles. The van der Waals surface area contributed by atoms with Crippen molar-refractivity contribution in [1.82, 2.24) is 0 Å². The quantitative estimate of drug-likeness (QED) is 0.533. The Labute approximate surface area is 81.7 Å². The van der Waals surface area contributed by atoms with Gasteiger partial charge in [0.25, 0.3) is 0 Å². The molecule has 0 aromatic rings. The van der Waals surface area contributed by atoms with Gasteiger partial charge in [-0.1, -0.05) is 25.0 Å². The van der Waals surface area contributed by atoms with Crippen LogP contribution in [0.1, 0.15) is 34.6 Å². The predicted molar refractivity (Wildman–Crippen MR) is 58.2 cm³/mol. The topological polar surface area (TPSA) is 0 Å². The lowest BCUT2D eigenvalue weighted by atomic mass is 9.51. The van der Waals surface area contributed by atoms with Gasteiger partial charge in [0.05, 0.1) is 0 Å². The van der Waals surface area contributed by atoms with Gasteiger partial charge in [0.2, 0.25) is 0 Å². The van der Waals surface area contributed by atoms with Crippen LogP contribution in [0.15, 0.2) is 23.3 Å². The van der Waals surface area contributed by atoms with Gasteiger partial charge < -0.3 is 0 Å². The smallest absolute Gasteiger partial charge is 0.0386 e. The summed E-state index contributed by atoms with van der Waals surface area (Å²) in [6.07, 6.45) is 5.56. The Morgan fingerprint density at radius 2 is 1.85 bits per heavy atom. The van der Waals surface area contributed by atoms with Crippen LogP contribution in [-0.4, -0.2) is 0 Å². The second kappa shape index (κ2) is 2.51. The first-order valence-electron chi connectivity index (χ1n) is 4.64. The van der Waals surface area contributed by atoms with E-state index in [1.165, 1.54) is 16.7 Å². The van der Waals surface area contributed by atoms with Gasteiger partial charge in [0, 0.05) is 10.8 Å². The molecule has 70 valence electrons. The van der Waals surface area contributed by atoms with Crippen LogP contribution in [0.3, 0.4) is 0 Å². The van der Waals surface area contributed by atoms with Crippen molar-refractivity contribution in [2.24, 2.45) is 10.8 Å². The summed E-state index contributed by atoms with van der Waals surface area (Å²) in [5.41, 5.74) is 3.79. The van der Waals surface area contributed by atoms with Crippen molar-refractivity contribution in [2.75, 3.05) is 0 Å². The highest BCUT2D eigenvalue weighted by Gasteiger charge is 2.50. The second-order valence-corrected chi connectivity index (χ2v) is 4.62. The molecule has 1 rings (SSSR count). The molecule has 0 aromatic heterocycles. The zero-order chi connectivity index (χ0) is 10.4. The van der Waals surface area contributed by atoms with Crippen LogP contribution in [0.2, 0.25) is 0 Å². The standard InChI is InChI=1S/C13H18/c1-8-12(5,6)13(7)10(3)9(2)11(13)4/h1H,3H2,2,4-7H3. The van der Waals surface area contributed by atoms with Crippen LogP contribution >= 0.6 is 0 Å². The molecule has 0 heteroatoms. The normalized spacial score (nSPS) is 28.5. The molecule has 0 radical (unpaired) electrons. The predicted octanol–water partition coefficient (Wildman–Crippen LogP) is 3.56. The number of allylic oxidation sites excluding steroid dienone is 3. The Balaban J connectivity index is 3.25. The Morgan fingerprint density at radius 3 is 2.15 bits per heavy atom. The van der Waals surface area contributed by atoms with Gasteiger partial charge in [-0.15, -0.1) is 6.42 Å². The molecule has 0 fully saturated rings. The highest BCUT2D eigenvalue weighted by Crippen LogP contribution is 2.59. The number of hydrogen-bond acceptors (Lipinski definition) is 0. The zero-order valence-corrected chi connectivity index (χ0v) is 9.28. The van der Waals surface area contributed by atoms with E-state index >= 15 is 0 Å². The molecule has 0 aromatic carbocycles. The molecule has 0 bridgehead atoms. The number of hydrogen-bond donors (Lipinski definition) is 0. The first kappa shape index (κ1) is 10.1. The minimum Gasteiger partial charge on any atom is -0.119 e. The van der Waals surface area contributed by atoms with E-state index in [9.17, 15) is 0 Å². The lowest BCUT2D eigenvalue weighted by Crippen LogP contribution is -2.43. The summed E-state index contributed by atoms with van der Waals surface area (Å²) in [6, 6.07) is 0.